The van der Waals surface area contributed by atoms with Crippen molar-refractivity contribution in [3.8, 4) is 0 Å². The molecular weight excluding hydrogens is 428 g/mol. The second kappa shape index (κ2) is 10.9. The van der Waals surface area contributed by atoms with Crippen LogP contribution in [-0.2, 0) is 22.6 Å². The van der Waals surface area contributed by atoms with Crippen LogP contribution in [-0.4, -0.2) is 40.3 Å². The molecule has 0 atom stereocenters. The smallest absolute Gasteiger partial charge is 0.338 e. The molecule has 34 heavy (non-hydrogen) atoms. The summed E-state index contributed by atoms with van der Waals surface area (Å²) < 4.78 is 7.55. The number of hydrogen-bond acceptors (Lipinski definition) is 4. The first-order chi connectivity index (χ1) is 16.4. The predicted octanol–water partition coefficient (Wildman–Crippen LogP) is 5.16. The molecule has 0 bridgehead atoms. The van der Waals surface area contributed by atoms with Gasteiger partial charge in [0, 0.05) is 43.0 Å². The molecule has 6 nitrogen and oxygen atoms in total. The highest BCUT2D eigenvalue weighted by molar-refractivity contribution is 6.00. The number of likely N-dealkylation sites (tertiary alicyclic amines) is 1. The van der Waals surface area contributed by atoms with E-state index >= 15 is 0 Å². The van der Waals surface area contributed by atoms with Crippen LogP contribution in [0.4, 0.5) is 0 Å². The molecule has 2 aliphatic rings. The third-order valence-electron chi connectivity index (χ3n) is 6.96. The molecule has 1 fully saturated rings. The fourth-order valence-corrected chi connectivity index (χ4v) is 5.00. The van der Waals surface area contributed by atoms with Crippen LogP contribution in [0.1, 0.15) is 82.6 Å². The van der Waals surface area contributed by atoms with E-state index < -0.39 is 5.97 Å². The van der Waals surface area contributed by atoms with Crippen molar-refractivity contribution in [1.29, 1.82) is 0 Å². The van der Waals surface area contributed by atoms with Crippen molar-refractivity contribution in [1.82, 2.24) is 9.47 Å². The molecule has 0 spiro atoms. The molecule has 0 saturated carbocycles. The largest absolute Gasteiger partial charge is 0.454 e. The highest BCUT2D eigenvalue weighted by Gasteiger charge is 2.21. The second-order valence-electron chi connectivity index (χ2n) is 9.41. The zero-order valence-corrected chi connectivity index (χ0v) is 20.3. The Morgan fingerprint density at radius 1 is 1.06 bits per heavy atom. The van der Waals surface area contributed by atoms with Gasteiger partial charge in [-0.2, -0.15) is 0 Å². The first-order valence-corrected chi connectivity index (χ1v) is 12.3. The number of aromatic nitrogens is 1. The summed E-state index contributed by atoms with van der Waals surface area (Å²) in [5, 5.41) is 0. The summed E-state index contributed by atoms with van der Waals surface area (Å²) >= 11 is 0. The number of hydrogen-bond donors (Lipinski definition) is 0. The lowest BCUT2D eigenvalue weighted by Crippen LogP contribution is -2.24. The molecule has 6 heteroatoms. The fourth-order valence-electron chi connectivity index (χ4n) is 5.00. The van der Waals surface area contributed by atoms with E-state index in [9.17, 15) is 14.4 Å². The van der Waals surface area contributed by atoms with Crippen LogP contribution < -0.4 is 0 Å². The average molecular weight is 463 g/mol. The van der Waals surface area contributed by atoms with Crippen molar-refractivity contribution in [3.05, 3.63) is 70.1 Å². The molecule has 1 amide bonds. The van der Waals surface area contributed by atoms with Gasteiger partial charge in [0.25, 0.3) is 0 Å². The molecule has 0 N–H and O–H groups in total. The van der Waals surface area contributed by atoms with Crippen LogP contribution in [0, 0.1) is 13.8 Å². The summed E-state index contributed by atoms with van der Waals surface area (Å²) in [5.41, 5.74) is 5.37. The molecule has 0 unspecified atom stereocenters. The van der Waals surface area contributed by atoms with E-state index in [2.05, 4.69) is 10.6 Å². The molecule has 4 rings (SSSR count). The molecule has 1 aliphatic carbocycles. The summed E-state index contributed by atoms with van der Waals surface area (Å²) in [6, 6.07) is 8.99. The molecule has 1 saturated heterocycles. The number of carbonyl (C=O) groups is 3. The monoisotopic (exact) mass is 462 g/mol. The zero-order chi connectivity index (χ0) is 24.1. The van der Waals surface area contributed by atoms with Crippen molar-refractivity contribution >= 4 is 17.7 Å². The lowest BCUT2D eigenvalue weighted by Gasteiger charge is -2.16. The Kier molecular flexibility index (Phi) is 7.66. The van der Waals surface area contributed by atoms with E-state index in [1.165, 1.54) is 31.3 Å². The van der Waals surface area contributed by atoms with Gasteiger partial charge in [-0.25, -0.2) is 4.79 Å². The number of benzene rings is 1. The van der Waals surface area contributed by atoms with Gasteiger partial charge in [0.2, 0.25) is 11.7 Å². The molecular formula is C28H34N2O4. The summed E-state index contributed by atoms with van der Waals surface area (Å²) in [5.74, 6) is -0.573. The van der Waals surface area contributed by atoms with Crippen LogP contribution in [0.2, 0.25) is 0 Å². The number of ether oxygens (including phenoxy) is 1. The number of ketones is 1. The van der Waals surface area contributed by atoms with E-state index in [0.29, 0.717) is 24.1 Å². The molecule has 2 heterocycles. The number of Topliss-reactive ketones (excluding diaryl/α,β-unsaturated/α-hetero) is 1. The highest BCUT2D eigenvalue weighted by Crippen LogP contribution is 2.23. The van der Waals surface area contributed by atoms with Crippen molar-refractivity contribution in [2.24, 2.45) is 0 Å². The van der Waals surface area contributed by atoms with E-state index in [4.69, 9.17) is 4.74 Å². The number of allylic oxidation sites excluding steroid dienone is 2. The molecule has 180 valence electrons. The second-order valence-corrected chi connectivity index (χ2v) is 9.41. The first-order valence-electron chi connectivity index (χ1n) is 12.3. The maximum atomic E-state index is 12.9. The average Bonchev–Trinajstić information content (AvgIpc) is 3.38. The molecule has 1 aromatic heterocycles. The normalized spacial score (nSPS) is 16.0. The van der Waals surface area contributed by atoms with Crippen molar-refractivity contribution < 1.29 is 19.1 Å². The Morgan fingerprint density at radius 3 is 2.65 bits per heavy atom. The Bertz CT molecular complexity index is 1110. The van der Waals surface area contributed by atoms with Crippen molar-refractivity contribution in [2.75, 3.05) is 13.2 Å². The van der Waals surface area contributed by atoms with Crippen LogP contribution in [0.25, 0.3) is 0 Å². The Hall–Kier alpha value is -3.15. The molecule has 0 radical (unpaired) electrons. The van der Waals surface area contributed by atoms with E-state index in [1.807, 2.05) is 26.0 Å². The van der Waals surface area contributed by atoms with Crippen LogP contribution in [0.3, 0.4) is 0 Å². The number of carbonyl (C=O) groups excluding carboxylic acids is 3. The Labute approximate surface area is 201 Å². The highest BCUT2D eigenvalue weighted by atomic mass is 16.5. The number of nitrogens with zero attached hydrogens (tertiary/aromatic N) is 2. The first kappa shape index (κ1) is 24.0. The number of amides is 1. The van der Waals surface area contributed by atoms with Crippen molar-refractivity contribution in [3.63, 3.8) is 0 Å². The lowest BCUT2D eigenvalue weighted by atomic mass is 9.97. The standard InChI is InChI=1S/C28H34N2O4/c1-20-16-25(21(2)30(20)15-13-22-8-4-3-5-9-22)26(31)19-34-28(33)24-11-6-10-23(17-24)18-29-14-7-12-27(29)32/h6,8,10-11,16-17H,3-5,7,9,12-15,18-19H2,1-2H3. The SMILES string of the molecule is Cc1cc(C(=O)COC(=O)c2cccc(CN3CCCC3=O)c2)c(C)n1CCC1=CCCCC1. The van der Waals surface area contributed by atoms with E-state index in [-0.39, 0.29) is 18.3 Å². The van der Waals surface area contributed by atoms with Gasteiger partial charge in [-0.05, 0) is 76.1 Å². The van der Waals surface area contributed by atoms with E-state index in [0.717, 1.165) is 42.9 Å². The zero-order valence-electron chi connectivity index (χ0n) is 20.3. The maximum absolute atomic E-state index is 12.9. The number of esters is 1. The van der Waals surface area contributed by atoms with Gasteiger partial charge < -0.3 is 14.2 Å². The van der Waals surface area contributed by atoms with Gasteiger partial charge in [-0.1, -0.05) is 23.8 Å². The van der Waals surface area contributed by atoms with Gasteiger partial charge in [-0.15, -0.1) is 0 Å². The third-order valence-corrected chi connectivity index (χ3v) is 6.96. The summed E-state index contributed by atoms with van der Waals surface area (Å²) in [7, 11) is 0. The molecule has 2 aromatic rings. The van der Waals surface area contributed by atoms with E-state index in [1.54, 1.807) is 23.1 Å². The van der Waals surface area contributed by atoms with Crippen molar-refractivity contribution in [2.45, 2.75) is 71.9 Å². The van der Waals surface area contributed by atoms with Crippen LogP contribution >= 0.6 is 0 Å². The maximum Gasteiger partial charge on any atom is 0.338 e. The summed E-state index contributed by atoms with van der Waals surface area (Å²) in [6.07, 6.45) is 9.74. The molecule has 1 aromatic carbocycles. The fraction of sp³-hybridized carbons (Fsp3) is 0.464. The predicted molar refractivity (Wildman–Crippen MR) is 131 cm³/mol. The molecule has 1 aliphatic heterocycles. The third kappa shape index (κ3) is 5.66. The number of rotatable bonds is 9. The van der Waals surface area contributed by atoms with Gasteiger partial charge in [0.1, 0.15) is 0 Å². The lowest BCUT2D eigenvalue weighted by molar-refractivity contribution is -0.128. The van der Waals surface area contributed by atoms with Gasteiger partial charge >= 0.3 is 5.97 Å². The van der Waals surface area contributed by atoms with Crippen LogP contribution in [0.5, 0.6) is 0 Å². The van der Waals surface area contributed by atoms with Gasteiger partial charge in [0.05, 0.1) is 5.56 Å². The topological polar surface area (TPSA) is 68.6 Å². The summed E-state index contributed by atoms with van der Waals surface area (Å²) in [6.45, 7) is 5.79. The van der Waals surface area contributed by atoms with Crippen LogP contribution in [0.15, 0.2) is 42.0 Å². The van der Waals surface area contributed by atoms with Gasteiger partial charge in [0.15, 0.2) is 6.61 Å². The minimum atomic E-state index is -0.527. The number of aryl methyl sites for hydroxylation is 1. The Balaban J connectivity index is 1.34. The minimum absolute atomic E-state index is 0.145. The Morgan fingerprint density at radius 2 is 1.91 bits per heavy atom. The minimum Gasteiger partial charge on any atom is -0.454 e. The van der Waals surface area contributed by atoms with Gasteiger partial charge in [-0.3, -0.25) is 9.59 Å². The summed E-state index contributed by atoms with van der Waals surface area (Å²) in [4.78, 5) is 39.1. The quantitative estimate of drug-likeness (QED) is 0.293.